The lowest BCUT2D eigenvalue weighted by Crippen LogP contribution is -2.13. The van der Waals surface area contributed by atoms with Gasteiger partial charge in [-0.25, -0.2) is 4.79 Å². The van der Waals surface area contributed by atoms with Crippen molar-refractivity contribution in [3.05, 3.63) is 92.7 Å². The third kappa shape index (κ3) is 4.30. The number of carboxylic acids is 1. The number of nitro benzene ring substituents is 1. The van der Waals surface area contributed by atoms with E-state index in [-0.39, 0.29) is 21.6 Å². The van der Waals surface area contributed by atoms with Gasteiger partial charge >= 0.3 is 5.97 Å². The number of anilines is 1. The largest absolute Gasteiger partial charge is 0.504 e. The normalized spacial score (nSPS) is 10.6. The fraction of sp³-hybridized carbons (Fsp3) is 0. The Morgan fingerprint density at radius 1 is 0.882 bits per heavy atom. The summed E-state index contributed by atoms with van der Waals surface area (Å²) in [6.07, 6.45) is 0. The Hall–Kier alpha value is -4.70. The van der Waals surface area contributed by atoms with Crippen molar-refractivity contribution in [1.82, 2.24) is 0 Å². The summed E-state index contributed by atoms with van der Waals surface area (Å²) in [4.78, 5) is 35.5. The highest BCUT2D eigenvalue weighted by Gasteiger charge is 2.21. The number of carbonyl (C=O) groups excluding carboxylic acids is 1. The van der Waals surface area contributed by atoms with E-state index >= 15 is 0 Å². The number of benzene rings is 3. The van der Waals surface area contributed by atoms with E-state index in [1.165, 1.54) is 24.3 Å². The molecule has 0 saturated carbocycles. The number of para-hydroxylation sites is 1. The summed E-state index contributed by atoms with van der Waals surface area (Å²) in [5, 5.41) is 44.8. The van der Waals surface area contributed by atoms with E-state index in [4.69, 9.17) is 0 Å². The Morgan fingerprint density at radius 2 is 1.62 bits per heavy atom. The Bertz CT molecular complexity index is 1450. The monoisotopic (exact) mass is 476 g/mol. The van der Waals surface area contributed by atoms with Crippen molar-refractivity contribution in [1.29, 1.82) is 0 Å². The number of rotatable bonds is 6. The highest BCUT2D eigenvalue weighted by molar-refractivity contribution is 7.12. The predicted molar refractivity (Wildman–Crippen MR) is 127 cm³/mol. The topological polar surface area (TPSA) is 150 Å². The van der Waals surface area contributed by atoms with Crippen LogP contribution >= 0.6 is 11.3 Å². The van der Waals surface area contributed by atoms with Crippen LogP contribution in [0.1, 0.15) is 20.0 Å². The number of phenols is 2. The number of phenolic OH excluding ortho intramolecular Hbond substituents is 2. The average molecular weight is 476 g/mol. The summed E-state index contributed by atoms with van der Waals surface area (Å²) < 4.78 is 0. The van der Waals surface area contributed by atoms with E-state index < -0.39 is 34.0 Å². The van der Waals surface area contributed by atoms with Gasteiger partial charge in [-0.15, -0.1) is 11.3 Å². The molecule has 0 bridgehead atoms. The van der Waals surface area contributed by atoms with Crippen LogP contribution in [-0.4, -0.2) is 32.1 Å². The van der Waals surface area contributed by atoms with E-state index in [0.29, 0.717) is 16.8 Å². The quantitative estimate of drug-likeness (QED) is 0.166. The first-order valence-corrected chi connectivity index (χ1v) is 10.7. The number of nitrogens with zero attached hydrogens (tertiary/aromatic N) is 1. The van der Waals surface area contributed by atoms with Crippen LogP contribution in [0.15, 0.2) is 72.1 Å². The summed E-state index contributed by atoms with van der Waals surface area (Å²) in [6, 6.07) is 16.3. The number of carbonyl (C=O) groups is 2. The van der Waals surface area contributed by atoms with Gasteiger partial charge < -0.3 is 20.6 Å². The summed E-state index contributed by atoms with van der Waals surface area (Å²) in [5.74, 6) is -2.76. The van der Waals surface area contributed by atoms with Gasteiger partial charge in [0.05, 0.1) is 16.6 Å². The molecule has 9 nitrogen and oxygen atoms in total. The third-order valence-corrected chi connectivity index (χ3v) is 5.95. The number of hydrogen-bond acceptors (Lipinski definition) is 7. The number of nitrogens with one attached hydrogen (secondary N) is 1. The van der Waals surface area contributed by atoms with E-state index in [1.54, 1.807) is 35.7 Å². The molecule has 3 aromatic carbocycles. The Labute approximate surface area is 196 Å². The van der Waals surface area contributed by atoms with Crippen LogP contribution in [-0.2, 0) is 0 Å². The van der Waals surface area contributed by atoms with Gasteiger partial charge in [0.25, 0.3) is 11.6 Å². The maximum absolute atomic E-state index is 13.0. The maximum Gasteiger partial charge on any atom is 0.346 e. The predicted octanol–water partition coefficient (Wildman–Crippen LogP) is 5.35. The van der Waals surface area contributed by atoms with Gasteiger partial charge in [-0.05, 0) is 41.3 Å². The van der Waals surface area contributed by atoms with Crippen LogP contribution in [0.4, 0.5) is 11.4 Å². The Balaban J connectivity index is 1.70. The van der Waals surface area contributed by atoms with E-state index in [1.807, 2.05) is 0 Å². The molecule has 1 aromatic heterocycles. The first-order valence-electron chi connectivity index (χ1n) is 9.78. The molecule has 0 atom stereocenters. The van der Waals surface area contributed by atoms with Crippen LogP contribution in [0.3, 0.4) is 0 Å². The minimum atomic E-state index is -1.07. The van der Waals surface area contributed by atoms with Crippen LogP contribution in [0.5, 0.6) is 11.5 Å². The van der Waals surface area contributed by atoms with Gasteiger partial charge in [0.15, 0.2) is 11.5 Å². The second-order valence-corrected chi connectivity index (χ2v) is 8.08. The highest BCUT2D eigenvalue weighted by atomic mass is 32.1. The van der Waals surface area contributed by atoms with Gasteiger partial charge in [0.2, 0.25) is 0 Å². The standard InChI is InChI=1S/C24H16N2O7S/c27-20-11-17(19(26(32)33)12-21(20)28)13-4-3-5-14(10-13)23(29)25-18-7-2-1-6-15(18)16-8-9-34-22(16)24(30)31/h1-12,27-28H,(H,25,29)(H,30,31). The third-order valence-electron chi connectivity index (χ3n) is 5.05. The highest BCUT2D eigenvalue weighted by Crippen LogP contribution is 2.39. The second kappa shape index (κ2) is 9.04. The molecule has 1 amide bonds. The Morgan fingerprint density at radius 3 is 2.35 bits per heavy atom. The van der Waals surface area contributed by atoms with Crippen molar-refractivity contribution in [3.8, 4) is 33.8 Å². The first kappa shape index (κ1) is 22.5. The molecular weight excluding hydrogens is 460 g/mol. The van der Waals surface area contributed by atoms with Gasteiger partial charge in [0, 0.05) is 22.4 Å². The molecule has 0 aliphatic rings. The van der Waals surface area contributed by atoms with Crippen molar-refractivity contribution in [2.24, 2.45) is 0 Å². The number of aromatic carboxylic acids is 1. The minimum Gasteiger partial charge on any atom is -0.504 e. The molecule has 4 N–H and O–H groups in total. The number of amides is 1. The molecule has 1 heterocycles. The summed E-state index contributed by atoms with van der Waals surface area (Å²) >= 11 is 1.08. The molecule has 0 saturated heterocycles. The summed E-state index contributed by atoms with van der Waals surface area (Å²) in [7, 11) is 0. The first-order chi connectivity index (χ1) is 16.3. The molecule has 10 heteroatoms. The van der Waals surface area contributed by atoms with Gasteiger partial charge in [0.1, 0.15) is 4.88 Å². The van der Waals surface area contributed by atoms with Crippen molar-refractivity contribution in [2.75, 3.05) is 5.32 Å². The smallest absolute Gasteiger partial charge is 0.346 e. The molecule has 4 rings (SSSR count). The molecule has 0 radical (unpaired) electrons. The lowest BCUT2D eigenvalue weighted by Gasteiger charge is -2.12. The molecule has 0 spiro atoms. The van der Waals surface area contributed by atoms with Gasteiger partial charge in [-0.1, -0.05) is 30.3 Å². The minimum absolute atomic E-state index is 0.0275. The molecule has 170 valence electrons. The second-order valence-electron chi connectivity index (χ2n) is 7.16. The van der Waals surface area contributed by atoms with Gasteiger partial charge in [-0.3, -0.25) is 14.9 Å². The molecule has 0 aliphatic carbocycles. The average Bonchev–Trinajstić information content (AvgIpc) is 3.31. The number of hydrogen-bond donors (Lipinski definition) is 4. The summed E-state index contributed by atoms with van der Waals surface area (Å²) in [6.45, 7) is 0. The fourth-order valence-electron chi connectivity index (χ4n) is 3.48. The fourth-order valence-corrected chi connectivity index (χ4v) is 4.23. The zero-order chi connectivity index (χ0) is 24.4. The lowest BCUT2D eigenvalue weighted by molar-refractivity contribution is -0.384. The number of aromatic hydroxyl groups is 2. The van der Waals surface area contributed by atoms with Crippen molar-refractivity contribution in [3.63, 3.8) is 0 Å². The molecule has 34 heavy (non-hydrogen) atoms. The molecule has 4 aromatic rings. The zero-order valence-electron chi connectivity index (χ0n) is 17.3. The van der Waals surface area contributed by atoms with Crippen molar-refractivity contribution < 1.29 is 29.8 Å². The van der Waals surface area contributed by atoms with Crippen LogP contribution < -0.4 is 5.32 Å². The van der Waals surface area contributed by atoms with E-state index in [2.05, 4.69) is 5.32 Å². The Kier molecular flexibility index (Phi) is 5.98. The van der Waals surface area contributed by atoms with Crippen LogP contribution in [0.25, 0.3) is 22.3 Å². The van der Waals surface area contributed by atoms with Crippen molar-refractivity contribution >= 4 is 34.6 Å². The molecule has 0 aliphatic heterocycles. The van der Waals surface area contributed by atoms with E-state index in [0.717, 1.165) is 23.5 Å². The zero-order valence-corrected chi connectivity index (χ0v) is 18.1. The summed E-state index contributed by atoms with van der Waals surface area (Å²) in [5.41, 5.74) is 1.46. The SMILES string of the molecule is O=C(Nc1ccccc1-c1ccsc1C(=O)O)c1cccc(-c2cc(O)c(O)cc2[N+](=O)[O-])c1. The molecular formula is C24H16N2O7S. The van der Waals surface area contributed by atoms with Crippen molar-refractivity contribution in [2.45, 2.75) is 0 Å². The van der Waals surface area contributed by atoms with Crippen LogP contribution in [0, 0.1) is 10.1 Å². The molecule has 0 fully saturated rings. The lowest BCUT2D eigenvalue weighted by atomic mass is 10.00. The number of nitro groups is 1. The maximum atomic E-state index is 13.0. The van der Waals surface area contributed by atoms with Crippen LogP contribution in [0.2, 0.25) is 0 Å². The van der Waals surface area contributed by atoms with Gasteiger partial charge in [-0.2, -0.15) is 0 Å². The number of carboxylic acid groups (broad SMARTS) is 1. The molecule has 0 unspecified atom stereocenters. The number of thiophene rings is 1. The van der Waals surface area contributed by atoms with E-state index in [9.17, 15) is 35.0 Å².